The molecule has 4 heteroatoms. The number of hydrogen-bond donors (Lipinski definition) is 1. The highest BCUT2D eigenvalue weighted by molar-refractivity contribution is 5.98. The maximum atomic E-state index is 12.4. The summed E-state index contributed by atoms with van der Waals surface area (Å²) in [5, 5.41) is 9.49. The van der Waals surface area contributed by atoms with E-state index in [2.05, 4.69) is 25.1 Å². The van der Waals surface area contributed by atoms with Crippen molar-refractivity contribution in [3.8, 4) is 6.07 Å². The summed E-state index contributed by atoms with van der Waals surface area (Å²) in [5.41, 5.74) is 8.19. The molecule has 4 nitrogen and oxygen atoms in total. The van der Waals surface area contributed by atoms with Crippen molar-refractivity contribution in [3.63, 3.8) is 0 Å². The Morgan fingerprint density at radius 2 is 2.09 bits per heavy atom. The van der Waals surface area contributed by atoms with E-state index in [1.54, 1.807) is 0 Å². The van der Waals surface area contributed by atoms with Gasteiger partial charge in [-0.1, -0.05) is 37.3 Å². The summed E-state index contributed by atoms with van der Waals surface area (Å²) < 4.78 is 5.58. The van der Waals surface area contributed by atoms with Crippen LogP contribution >= 0.6 is 0 Å². The van der Waals surface area contributed by atoms with Crippen molar-refractivity contribution in [2.75, 3.05) is 0 Å². The maximum absolute atomic E-state index is 12.4. The fourth-order valence-electron chi connectivity index (χ4n) is 3.47. The molecular weight excluding hydrogens is 288 g/mol. The van der Waals surface area contributed by atoms with Gasteiger partial charge in [-0.3, -0.25) is 4.79 Å². The lowest BCUT2D eigenvalue weighted by atomic mass is 9.76. The first-order valence-electron chi connectivity index (χ1n) is 8.00. The first-order valence-corrected chi connectivity index (χ1v) is 8.00. The summed E-state index contributed by atoms with van der Waals surface area (Å²) in [7, 11) is 0. The van der Waals surface area contributed by atoms with Crippen molar-refractivity contribution >= 4 is 5.78 Å². The average molecular weight is 308 g/mol. The highest BCUT2D eigenvalue weighted by Gasteiger charge is 2.37. The molecule has 23 heavy (non-hydrogen) atoms. The van der Waals surface area contributed by atoms with Gasteiger partial charge in [0.15, 0.2) is 5.78 Å². The van der Waals surface area contributed by atoms with Crippen molar-refractivity contribution < 1.29 is 9.53 Å². The Labute approximate surface area is 136 Å². The molecule has 1 aliphatic carbocycles. The quantitative estimate of drug-likeness (QED) is 0.926. The van der Waals surface area contributed by atoms with Gasteiger partial charge in [0.05, 0.1) is 5.57 Å². The van der Waals surface area contributed by atoms with Gasteiger partial charge in [-0.15, -0.1) is 0 Å². The normalized spacial score (nSPS) is 22.3. The molecule has 1 aliphatic heterocycles. The van der Waals surface area contributed by atoms with E-state index >= 15 is 0 Å². The molecule has 0 spiro atoms. The van der Waals surface area contributed by atoms with E-state index in [-0.39, 0.29) is 23.5 Å². The molecule has 2 aliphatic rings. The lowest BCUT2D eigenvalue weighted by Gasteiger charge is -2.32. The van der Waals surface area contributed by atoms with Crippen molar-refractivity contribution in [1.82, 2.24) is 0 Å². The summed E-state index contributed by atoms with van der Waals surface area (Å²) in [4.78, 5) is 12.4. The third-order valence-electron chi connectivity index (χ3n) is 4.68. The molecule has 0 radical (unpaired) electrons. The van der Waals surface area contributed by atoms with Crippen LogP contribution in [0.4, 0.5) is 0 Å². The number of Topliss-reactive ketones (excluding diaryl/α,β-unsaturated/α-hetero) is 1. The lowest BCUT2D eigenvalue weighted by Crippen LogP contribution is -2.29. The van der Waals surface area contributed by atoms with Gasteiger partial charge in [-0.25, -0.2) is 0 Å². The monoisotopic (exact) mass is 308 g/mol. The van der Waals surface area contributed by atoms with E-state index in [0.717, 1.165) is 12.8 Å². The summed E-state index contributed by atoms with van der Waals surface area (Å²) in [6.07, 6.45) is 2.71. The zero-order valence-electron chi connectivity index (χ0n) is 13.2. The van der Waals surface area contributed by atoms with Crippen molar-refractivity contribution in [3.05, 3.63) is 58.7 Å². The Kier molecular flexibility index (Phi) is 4.20. The highest BCUT2D eigenvalue weighted by atomic mass is 16.5. The zero-order valence-corrected chi connectivity index (χ0v) is 13.2. The summed E-state index contributed by atoms with van der Waals surface area (Å²) >= 11 is 0. The topological polar surface area (TPSA) is 76.1 Å². The Bertz CT molecular complexity index is 725. The molecule has 2 atom stereocenters. The van der Waals surface area contributed by atoms with Crippen LogP contribution in [-0.4, -0.2) is 5.78 Å². The number of ketones is 1. The van der Waals surface area contributed by atoms with Crippen LogP contribution in [0.1, 0.15) is 44.1 Å². The number of carbonyl (C=O) groups excluding carboxylic acids is 1. The minimum atomic E-state index is -0.258. The molecule has 1 aromatic carbocycles. The standard InChI is InChI=1S/C19H20N2O2/c1-12(13-6-3-2-4-7-13)10-14-15(11-20)19(21)23-17-9-5-8-16(22)18(14)17/h2-4,6-7,12,14H,5,8-10,21H2,1H3/t12-,14-/m0/s1. The number of hydrogen-bond acceptors (Lipinski definition) is 4. The zero-order chi connectivity index (χ0) is 16.4. The van der Waals surface area contributed by atoms with Crippen LogP contribution < -0.4 is 5.73 Å². The molecule has 1 heterocycles. The maximum Gasteiger partial charge on any atom is 0.204 e. The molecule has 118 valence electrons. The molecule has 3 rings (SSSR count). The first kappa shape index (κ1) is 15.4. The van der Waals surface area contributed by atoms with Gasteiger partial charge in [0.2, 0.25) is 5.88 Å². The van der Waals surface area contributed by atoms with Gasteiger partial charge in [0.25, 0.3) is 0 Å². The van der Waals surface area contributed by atoms with Crippen molar-refractivity contribution in [2.45, 2.75) is 38.5 Å². The van der Waals surface area contributed by atoms with E-state index < -0.39 is 0 Å². The van der Waals surface area contributed by atoms with Gasteiger partial charge in [0.1, 0.15) is 11.8 Å². The Morgan fingerprint density at radius 1 is 1.35 bits per heavy atom. The van der Waals surface area contributed by atoms with E-state index in [9.17, 15) is 10.1 Å². The number of carbonyl (C=O) groups is 1. The van der Waals surface area contributed by atoms with Gasteiger partial charge in [-0.05, 0) is 24.3 Å². The second kappa shape index (κ2) is 6.29. The first-order chi connectivity index (χ1) is 11.1. The number of allylic oxidation sites excluding steroid dienone is 3. The average Bonchev–Trinajstić information content (AvgIpc) is 2.55. The highest BCUT2D eigenvalue weighted by Crippen LogP contribution is 2.41. The minimum Gasteiger partial charge on any atom is -0.444 e. The fourth-order valence-corrected chi connectivity index (χ4v) is 3.47. The van der Waals surface area contributed by atoms with Crippen LogP contribution in [0.3, 0.4) is 0 Å². The second-order valence-electron chi connectivity index (χ2n) is 6.21. The number of rotatable bonds is 3. The molecule has 0 saturated carbocycles. The van der Waals surface area contributed by atoms with Crippen LogP contribution in [0.5, 0.6) is 0 Å². The molecule has 0 saturated heterocycles. The van der Waals surface area contributed by atoms with Crippen LogP contribution in [-0.2, 0) is 9.53 Å². The SMILES string of the molecule is C[C@@H](C[C@H]1C(C#N)=C(N)OC2=C1C(=O)CCC2)c1ccccc1. The van der Waals surface area contributed by atoms with Crippen LogP contribution in [0, 0.1) is 17.2 Å². The molecule has 1 aromatic rings. The lowest BCUT2D eigenvalue weighted by molar-refractivity contribution is -0.117. The molecule has 0 bridgehead atoms. The summed E-state index contributed by atoms with van der Waals surface area (Å²) in [6.45, 7) is 2.11. The van der Waals surface area contributed by atoms with Crippen molar-refractivity contribution in [2.24, 2.45) is 11.7 Å². The van der Waals surface area contributed by atoms with E-state index in [1.165, 1.54) is 5.56 Å². The Balaban J connectivity index is 1.95. The Morgan fingerprint density at radius 3 is 2.78 bits per heavy atom. The predicted molar refractivity (Wildman–Crippen MR) is 86.8 cm³/mol. The van der Waals surface area contributed by atoms with Crippen LogP contribution in [0.15, 0.2) is 53.1 Å². The summed E-state index contributed by atoms with van der Waals surface area (Å²) in [5.74, 6) is 0.886. The predicted octanol–water partition coefficient (Wildman–Crippen LogP) is 3.53. The molecule has 2 N–H and O–H groups in total. The van der Waals surface area contributed by atoms with Gasteiger partial charge in [0, 0.05) is 24.3 Å². The minimum absolute atomic E-state index is 0.0942. The molecule has 0 fully saturated rings. The molecular formula is C19H20N2O2. The van der Waals surface area contributed by atoms with Gasteiger partial charge in [-0.2, -0.15) is 5.26 Å². The smallest absolute Gasteiger partial charge is 0.204 e. The molecule has 0 unspecified atom stereocenters. The number of benzene rings is 1. The van der Waals surface area contributed by atoms with E-state index in [0.29, 0.717) is 29.7 Å². The van der Waals surface area contributed by atoms with Crippen LogP contribution in [0.2, 0.25) is 0 Å². The third kappa shape index (κ3) is 2.87. The fraction of sp³-hybridized carbons (Fsp3) is 0.368. The van der Waals surface area contributed by atoms with Gasteiger partial charge >= 0.3 is 0 Å². The van der Waals surface area contributed by atoms with E-state index in [1.807, 2.05) is 18.2 Å². The Hall–Kier alpha value is -2.54. The van der Waals surface area contributed by atoms with Gasteiger partial charge < -0.3 is 10.5 Å². The van der Waals surface area contributed by atoms with Crippen molar-refractivity contribution in [1.29, 1.82) is 5.26 Å². The second-order valence-corrected chi connectivity index (χ2v) is 6.21. The number of nitriles is 1. The number of nitrogens with two attached hydrogens (primary N) is 1. The van der Waals surface area contributed by atoms with E-state index in [4.69, 9.17) is 10.5 Å². The number of nitrogens with zero attached hydrogens (tertiary/aromatic N) is 1. The third-order valence-corrected chi connectivity index (χ3v) is 4.68. The van der Waals surface area contributed by atoms with Crippen LogP contribution in [0.25, 0.3) is 0 Å². The molecule has 0 aromatic heterocycles. The summed E-state index contributed by atoms with van der Waals surface area (Å²) in [6, 6.07) is 12.3. The largest absolute Gasteiger partial charge is 0.444 e. The number of ether oxygens (including phenoxy) is 1. The molecule has 0 amide bonds.